The Kier molecular flexibility index (Phi) is 10.3. The van der Waals surface area contributed by atoms with E-state index in [0.717, 1.165) is 34.1 Å². The third-order valence-electron chi connectivity index (χ3n) is 5.09. The zero-order valence-corrected chi connectivity index (χ0v) is 22.3. The number of anilines is 1. The molecule has 3 rings (SSSR count). The molecular weight excluding hydrogens is 500 g/mol. The van der Waals surface area contributed by atoms with Gasteiger partial charge in [-0.25, -0.2) is 15.4 Å². The number of rotatable bonds is 13. The van der Waals surface area contributed by atoms with Crippen molar-refractivity contribution in [3.8, 4) is 5.75 Å². The number of unbranched alkanes of at least 4 members (excludes halogenated alkanes) is 2. The minimum absolute atomic E-state index is 0.0752. The zero-order valence-electron chi connectivity index (χ0n) is 20.7. The Morgan fingerprint density at radius 2 is 1.86 bits per heavy atom. The van der Waals surface area contributed by atoms with Gasteiger partial charge in [-0.2, -0.15) is 0 Å². The highest BCUT2D eigenvalue weighted by molar-refractivity contribution is 8.00. The molecule has 1 aromatic carbocycles. The number of aromatic nitrogens is 2. The van der Waals surface area contributed by atoms with Crippen LogP contribution in [-0.4, -0.2) is 33.6 Å². The predicted molar refractivity (Wildman–Crippen MR) is 140 cm³/mol. The van der Waals surface area contributed by atoms with Crippen LogP contribution in [0.5, 0.6) is 5.75 Å². The van der Waals surface area contributed by atoms with E-state index in [4.69, 9.17) is 14.4 Å². The molecule has 3 aromatic rings. The Bertz CT molecular complexity index is 1120. The van der Waals surface area contributed by atoms with Crippen LogP contribution in [0.3, 0.4) is 0 Å². The van der Waals surface area contributed by atoms with E-state index in [1.54, 1.807) is 29.6 Å². The number of thioether (sulfide) groups is 1. The van der Waals surface area contributed by atoms with Crippen molar-refractivity contribution in [2.75, 3.05) is 11.9 Å². The summed E-state index contributed by atoms with van der Waals surface area (Å²) in [7, 11) is 0. The molecule has 9 nitrogen and oxygen atoms in total. The topological polar surface area (TPSA) is 127 Å². The van der Waals surface area contributed by atoms with Crippen LogP contribution in [0, 0.1) is 0 Å². The summed E-state index contributed by atoms with van der Waals surface area (Å²) < 4.78 is 12.5. The molecule has 0 bridgehead atoms. The molecule has 0 spiro atoms. The number of hydrogen-bond acceptors (Lipinski definition) is 9. The molecule has 0 fully saturated rings. The first kappa shape index (κ1) is 27.7. The fraction of sp³-hybridized carbons (Fsp3) is 0.440. The molecular formula is C25H32N4O5S2. The van der Waals surface area contributed by atoms with Crippen molar-refractivity contribution in [1.82, 2.24) is 15.4 Å². The number of thiazole rings is 1. The van der Waals surface area contributed by atoms with Crippen LogP contribution >= 0.6 is 23.1 Å². The summed E-state index contributed by atoms with van der Waals surface area (Å²) >= 11 is 2.99. The lowest BCUT2D eigenvalue weighted by molar-refractivity contribution is -0.129. The van der Waals surface area contributed by atoms with Crippen LogP contribution in [0.4, 0.5) is 5.13 Å². The van der Waals surface area contributed by atoms with Crippen LogP contribution in [0.1, 0.15) is 63.7 Å². The summed E-state index contributed by atoms with van der Waals surface area (Å²) in [5, 5.41) is 11.9. The molecule has 3 N–H and O–H groups in total. The first-order chi connectivity index (χ1) is 17.2. The summed E-state index contributed by atoms with van der Waals surface area (Å²) in [6.45, 7) is 6.79. The van der Waals surface area contributed by atoms with Crippen molar-refractivity contribution in [1.29, 1.82) is 0 Å². The molecule has 0 unspecified atom stereocenters. The van der Waals surface area contributed by atoms with Gasteiger partial charge in [0.2, 0.25) is 17.7 Å². The Morgan fingerprint density at radius 1 is 1.08 bits per heavy atom. The summed E-state index contributed by atoms with van der Waals surface area (Å²) in [5.41, 5.74) is 2.42. The van der Waals surface area contributed by atoms with E-state index in [0.29, 0.717) is 36.2 Å². The molecule has 0 atom stereocenters. The SMILES string of the molecule is CC(C)(C)c1cnc(CSc2cnc(NC(=O)Cc3ccc(OCCCCCC(=O)NO)cc3)s2)o1. The Morgan fingerprint density at radius 3 is 2.56 bits per heavy atom. The van der Waals surface area contributed by atoms with E-state index in [1.165, 1.54) is 11.3 Å². The third-order valence-corrected chi connectivity index (χ3v) is 7.18. The Labute approximate surface area is 219 Å². The van der Waals surface area contributed by atoms with Gasteiger partial charge < -0.3 is 14.5 Å². The van der Waals surface area contributed by atoms with Crippen molar-refractivity contribution in [2.24, 2.45) is 0 Å². The average molecular weight is 533 g/mol. The van der Waals surface area contributed by atoms with Crippen LogP contribution in [0.15, 0.2) is 45.3 Å². The fourth-order valence-electron chi connectivity index (χ4n) is 3.10. The van der Waals surface area contributed by atoms with Gasteiger partial charge in [0.25, 0.3) is 0 Å². The van der Waals surface area contributed by atoms with Gasteiger partial charge in [0.15, 0.2) is 5.13 Å². The standard InChI is InChI=1S/C25H32N4O5S2/c1-25(2,3)19-14-26-22(34-19)16-35-23-15-27-24(36-23)28-21(31)13-17-8-10-18(11-9-17)33-12-6-4-5-7-20(30)29-32/h8-11,14-15,32H,4-7,12-13,16H2,1-3H3,(H,29,30)(H,27,28,31). The second-order valence-corrected chi connectivity index (χ2v) is 11.5. The fourth-order valence-corrected chi connectivity index (χ4v) is 4.85. The van der Waals surface area contributed by atoms with Crippen LogP contribution in [0.25, 0.3) is 0 Å². The van der Waals surface area contributed by atoms with Gasteiger partial charge in [0.1, 0.15) is 11.5 Å². The molecule has 11 heteroatoms. The first-order valence-corrected chi connectivity index (χ1v) is 13.5. The molecule has 36 heavy (non-hydrogen) atoms. The number of oxazole rings is 1. The molecule has 0 saturated heterocycles. The Hall–Kier alpha value is -2.89. The second-order valence-electron chi connectivity index (χ2n) is 9.20. The van der Waals surface area contributed by atoms with Gasteiger partial charge in [0, 0.05) is 11.8 Å². The van der Waals surface area contributed by atoms with Crippen molar-refractivity contribution in [3.63, 3.8) is 0 Å². The number of amides is 2. The number of benzene rings is 1. The van der Waals surface area contributed by atoms with Crippen LogP contribution in [0.2, 0.25) is 0 Å². The lowest BCUT2D eigenvalue weighted by atomic mass is 9.94. The molecule has 0 aliphatic heterocycles. The Balaban J connectivity index is 1.36. The number of carbonyl (C=O) groups is 2. The van der Waals surface area contributed by atoms with Crippen molar-refractivity contribution >= 4 is 40.0 Å². The number of ether oxygens (including phenoxy) is 1. The van der Waals surface area contributed by atoms with E-state index in [-0.39, 0.29) is 23.7 Å². The number of carbonyl (C=O) groups excluding carboxylic acids is 2. The van der Waals surface area contributed by atoms with E-state index < -0.39 is 0 Å². The number of nitrogens with one attached hydrogen (secondary N) is 2. The lowest BCUT2D eigenvalue weighted by Gasteiger charge is -2.12. The molecule has 2 aromatic heterocycles. The molecule has 0 saturated carbocycles. The molecule has 0 aliphatic rings. The second kappa shape index (κ2) is 13.4. The molecule has 2 heterocycles. The average Bonchev–Trinajstić information content (AvgIpc) is 3.50. The largest absolute Gasteiger partial charge is 0.494 e. The number of nitrogens with zero attached hydrogens (tertiary/aromatic N) is 2. The van der Waals surface area contributed by atoms with E-state index in [9.17, 15) is 9.59 Å². The summed E-state index contributed by atoms with van der Waals surface area (Å²) in [6, 6.07) is 7.42. The third kappa shape index (κ3) is 9.29. The highest BCUT2D eigenvalue weighted by atomic mass is 32.2. The monoisotopic (exact) mass is 532 g/mol. The van der Waals surface area contributed by atoms with Crippen molar-refractivity contribution in [3.05, 3.63) is 53.9 Å². The van der Waals surface area contributed by atoms with Gasteiger partial charge in [-0.15, -0.1) is 11.8 Å². The van der Waals surface area contributed by atoms with Crippen molar-refractivity contribution < 1.29 is 24.0 Å². The minimum Gasteiger partial charge on any atom is -0.494 e. The smallest absolute Gasteiger partial charge is 0.243 e. The normalized spacial score (nSPS) is 11.3. The molecule has 0 radical (unpaired) electrons. The van der Waals surface area contributed by atoms with Gasteiger partial charge in [-0.05, 0) is 37.0 Å². The minimum atomic E-state index is -0.373. The quantitative estimate of drug-likeness (QED) is 0.116. The van der Waals surface area contributed by atoms with Gasteiger partial charge in [-0.3, -0.25) is 14.8 Å². The molecule has 194 valence electrons. The van der Waals surface area contributed by atoms with E-state index in [1.807, 2.05) is 24.3 Å². The maximum absolute atomic E-state index is 12.4. The summed E-state index contributed by atoms with van der Waals surface area (Å²) in [4.78, 5) is 32.0. The van der Waals surface area contributed by atoms with Crippen molar-refractivity contribution in [2.45, 2.75) is 68.3 Å². The zero-order chi connectivity index (χ0) is 26.0. The maximum Gasteiger partial charge on any atom is 0.243 e. The van der Waals surface area contributed by atoms with E-state index in [2.05, 4.69) is 36.1 Å². The maximum atomic E-state index is 12.4. The predicted octanol–water partition coefficient (Wildman–Crippen LogP) is 5.35. The van der Waals surface area contributed by atoms with Crippen LogP contribution in [-0.2, 0) is 27.2 Å². The van der Waals surface area contributed by atoms with Gasteiger partial charge in [-0.1, -0.05) is 44.2 Å². The number of hydrogen-bond donors (Lipinski definition) is 3. The molecule has 0 aliphatic carbocycles. The van der Waals surface area contributed by atoms with E-state index >= 15 is 0 Å². The highest BCUT2D eigenvalue weighted by Gasteiger charge is 2.19. The summed E-state index contributed by atoms with van der Waals surface area (Å²) in [5.74, 6) is 2.35. The summed E-state index contributed by atoms with van der Waals surface area (Å²) in [6.07, 6.45) is 6.40. The first-order valence-electron chi connectivity index (χ1n) is 11.7. The number of hydroxylamine groups is 1. The lowest BCUT2D eigenvalue weighted by Crippen LogP contribution is -2.17. The van der Waals surface area contributed by atoms with Gasteiger partial charge >= 0.3 is 0 Å². The van der Waals surface area contributed by atoms with Gasteiger partial charge in [0.05, 0.1) is 35.4 Å². The molecule has 2 amide bonds. The van der Waals surface area contributed by atoms with Crippen LogP contribution < -0.4 is 15.5 Å². The highest BCUT2D eigenvalue weighted by Crippen LogP contribution is 2.31.